The Bertz CT molecular complexity index is 1050. The molecule has 0 saturated heterocycles. The predicted molar refractivity (Wildman–Crippen MR) is 119 cm³/mol. The van der Waals surface area contributed by atoms with Gasteiger partial charge in [-0.2, -0.15) is 4.31 Å². The van der Waals surface area contributed by atoms with Gasteiger partial charge in [0.15, 0.2) is 0 Å². The van der Waals surface area contributed by atoms with Crippen LogP contribution in [0.25, 0.3) is 0 Å². The number of sulfonamides is 1. The van der Waals surface area contributed by atoms with E-state index < -0.39 is 22.3 Å². The summed E-state index contributed by atoms with van der Waals surface area (Å²) in [5.74, 6) is -1.10. The molecule has 0 aliphatic carbocycles. The van der Waals surface area contributed by atoms with Crippen LogP contribution in [0.2, 0.25) is 0 Å². The quantitative estimate of drug-likeness (QED) is 0.505. The van der Waals surface area contributed by atoms with Gasteiger partial charge in [0.05, 0.1) is 25.2 Å². The van der Waals surface area contributed by atoms with Gasteiger partial charge in [-0.25, -0.2) is 13.2 Å². The van der Waals surface area contributed by atoms with Crippen molar-refractivity contribution in [3.05, 3.63) is 72.0 Å². The third-order valence-corrected chi connectivity index (χ3v) is 7.10. The van der Waals surface area contributed by atoms with Crippen LogP contribution in [0.3, 0.4) is 0 Å². The molecular formula is C23H27NO8S. The number of nitrogens with zero attached hydrogens (tertiary/aromatic N) is 1. The van der Waals surface area contributed by atoms with E-state index in [-0.39, 0.29) is 42.9 Å². The van der Waals surface area contributed by atoms with Crippen molar-refractivity contribution < 1.29 is 37.6 Å². The SMILES string of the molecule is COc1ccc(S(=O)(=O)N(CCO)CCO[C@@H]2C[C@H](c3ccccc3)C=C(C(=O)O)O2)cc1. The van der Waals surface area contributed by atoms with Crippen molar-refractivity contribution in [3.63, 3.8) is 0 Å². The molecule has 2 aromatic carbocycles. The maximum absolute atomic E-state index is 13.0. The number of aliphatic hydroxyl groups excluding tert-OH is 1. The van der Waals surface area contributed by atoms with Crippen LogP contribution < -0.4 is 4.74 Å². The number of allylic oxidation sites excluding steroid dienone is 1. The summed E-state index contributed by atoms with van der Waals surface area (Å²) in [5.41, 5.74) is 0.928. The third-order valence-electron chi connectivity index (χ3n) is 5.19. The Morgan fingerprint density at radius 3 is 2.42 bits per heavy atom. The van der Waals surface area contributed by atoms with Crippen molar-refractivity contribution in [2.45, 2.75) is 23.5 Å². The standard InChI is InChI=1S/C23H27NO8S/c1-30-19-7-9-20(10-8-19)33(28,29)24(11-13-25)12-14-31-22-16-18(15-21(32-22)23(26)27)17-5-3-2-4-6-17/h2-10,15,18,22,25H,11-14,16H2,1H3,(H,26,27)/t18-,22+/m1/s1. The highest BCUT2D eigenvalue weighted by Crippen LogP contribution is 2.31. The van der Waals surface area contributed by atoms with E-state index in [1.807, 2.05) is 30.3 Å². The maximum Gasteiger partial charge on any atom is 0.370 e. The second-order valence-electron chi connectivity index (χ2n) is 7.31. The number of carboxylic acid groups (broad SMARTS) is 1. The molecule has 0 spiro atoms. The van der Waals surface area contributed by atoms with E-state index in [0.717, 1.165) is 9.87 Å². The number of carboxylic acids is 1. The Morgan fingerprint density at radius 1 is 1.12 bits per heavy atom. The minimum Gasteiger partial charge on any atom is -0.497 e. The van der Waals surface area contributed by atoms with Crippen LogP contribution >= 0.6 is 0 Å². The maximum atomic E-state index is 13.0. The van der Waals surface area contributed by atoms with Gasteiger partial charge in [-0.15, -0.1) is 0 Å². The lowest BCUT2D eigenvalue weighted by atomic mass is 9.93. The van der Waals surface area contributed by atoms with Crippen LogP contribution in [-0.4, -0.2) is 68.6 Å². The summed E-state index contributed by atoms with van der Waals surface area (Å²) >= 11 is 0. The van der Waals surface area contributed by atoms with Crippen molar-refractivity contribution in [3.8, 4) is 5.75 Å². The van der Waals surface area contributed by atoms with Gasteiger partial charge in [0.2, 0.25) is 22.1 Å². The van der Waals surface area contributed by atoms with Crippen LogP contribution in [0.15, 0.2) is 71.3 Å². The van der Waals surface area contributed by atoms with Crippen molar-refractivity contribution in [2.75, 3.05) is 33.4 Å². The first-order chi connectivity index (χ1) is 15.8. The van der Waals surface area contributed by atoms with Crippen molar-refractivity contribution in [1.82, 2.24) is 4.31 Å². The molecule has 0 fully saturated rings. The molecule has 1 aliphatic heterocycles. The topological polar surface area (TPSA) is 123 Å². The van der Waals surface area contributed by atoms with E-state index in [9.17, 15) is 23.4 Å². The molecule has 1 heterocycles. The van der Waals surface area contributed by atoms with Crippen molar-refractivity contribution in [1.29, 1.82) is 0 Å². The number of ether oxygens (including phenoxy) is 3. The Morgan fingerprint density at radius 2 is 1.82 bits per heavy atom. The molecule has 2 N–H and O–H groups in total. The number of aliphatic hydroxyl groups is 1. The van der Waals surface area contributed by atoms with Gasteiger partial charge in [0, 0.05) is 25.4 Å². The number of benzene rings is 2. The minimum absolute atomic E-state index is 0.0447. The average Bonchev–Trinajstić information content (AvgIpc) is 2.83. The molecule has 0 amide bonds. The summed E-state index contributed by atoms with van der Waals surface area (Å²) in [7, 11) is -2.39. The second-order valence-corrected chi connectivity index (χ2v) is 9.25. The van der Waals surface area contributed by atoms with E-state index in [0.29, 0.717) is 12.2 Å². The summed E-state index contributed by atoms with van der Waals surface area (Å²) in [4.78, 5) is 11.6. The summed E-state index contributed by atoms with van der Waals surface area (Å²) < 4.78 is 43.3. The molecular weight excluding hydrogens is 450 g/mol. The van der Waals surface area contributed by atoms with Gasteiger partial charge in [-0.1, -0.05) is 30.3 Å². The van der Waals surface area contributed by atoms with E-state index in [2.05, 4.69) is 0 Å². The number of methoxy groups -OCH3 is 1. The molecule has 0 unspecified atom stereocenters. The molecule has 0 saturated carbocycles. The third kappa shape index (κ3) is 6.32. The molecule has 2 atom stereocenters. The number of hydrogen-bond donors (Lipinski definition) is 2. The van der Waals surface area contributed by atoms with Gasteiger partial charge in [-0.3, -0.25) is 0 Å². The van der Waals surface area contributed by atoms with Gasteiger partial charge in [0.1, 0.15) is 5.75 Å². The van der Waals surface area contributed by atoms with Crippen molar-refractivity contribution >= 4 is 16.0 Å². The smallest absolute Gasteiger partial charge is 0.370 e. The molecule has 0 radical (unpaired) electrons. The Labute approximate surface area is 192 Å². The van der Waals surface area contributed by atoms with Crippen LogP contribution in [0.1, 0.15) is 17.9 Å². The zero-order valence-corrected chi connectivity index (χ0v) is 19.0. The fourth-order valence-electron chi connectivity index (χ4n) is 3.49. The molecule has 10 heteroatoms. The Kier molecular flexibility index (Phi) is 8.45. The van der Waals surface area contributed by atoms with E-state index in [4.69, 9.17) is 14.2 Å². The fourth-order valence-corrected chi connectivity index (χ4v) is 4.90. The first-order valence-electron chi connectivity index (χ1n) is 10.4. The highest BCUT2D eigenvalue weighted by atomic mass is 32.2. The van der Waals surface area contributed by atoms with Crippen molar-refractivity contribution in [2.24, 2.45) is 0 Å². The highest BCUT2D eigenvalue weighted by Gasteiger charge is 2.29. The molecule has 9 nitrogen and oxygen atoms in total. The van der Waals surface area contributed by atoms with Gasteiger partial charge in [0.25, 0.3) is 0 Å². The first kappa shape index (κ1) is 24.7. The summed E-state index contributed by atoms with van der Waals surface area (Å²) in [6.45, 7) is -0.571. The zero-order chi connectivity index (χ0) is 23.8. The van der Waals surface area contributed by atoms with Gasteiger partial charge < -0.3 is 24.4 Å². The molecule has 33 heavy (non-hydrogen) atoms. The summed E-state index contributed by atoms with van der Waals surface area (Å²) in [6.07, 6.45) is 1.07. The van der Waals surface area contributed by atoms with Crippen LogP contribution in [0.5, 0.6) is 5.75 Å². The lowest BCUT2D eigenvalue weighted by Gasteiger charge is -2.29. The molecule has 0 aromatic heterocycles. The minimum atomic E-state index is -3.88. The lowest BCUT2D eigenvalue weighted by Crippen LogP contribution is -2.37. The van der Waals surface area contributed by atoms with E-state index in [1.165, 1.54) is 19.2 Å². The van der Waals surface area contributed by atoms with Crippen LogP contribution in [-0.2, 0) is 24.3 Å². The molecule has 3 rings (SSSR count). The summed E-state index contributed by atoms with van der Waals surface area (Å²) in [6, 6.07) is 15.3. The second kappa shape index (κ2) is 11.3. The number of carbonyl (C=O) groups is 1. The number of hydrogen-bond acceptors (Lipinski definition) is 7. The van der Waals surface area contributed by atoms with E-state index >= 15 is 0 Å². The monoisotopic (exact) mass is 477 g/mol. The Hall–Kier alpha value is -2.92. The normalized spacial score (nSPS) is 18.5. The van der Waals surface area contributed by atoms with Gasteiger partial charge in [-0.05, 0) is 35.9 Å². The predicted octanol–water partition coefficient (Wildman–Crippen LogP) is 2.19. The largest absolute Gasteiger partial charge is 0.497 e. The van der Waals surface area contributed by atoms with Crippen LogP contribution in [0.4, 0.5) is 0 Å². The van der Waals surface area contributed by atoms with Crippen LogP contribution in [0, 0.1) is 0 Å². The molecule has 2 aromatic rings. The number of rotatable bonds is 11. The number of aliphatic carboxylic acids is 1. The first-order valence-corrected chi connectivity index (χ1v) is 11.8. The molecule has 1 aliphatic rings. The fraction of sp³-hybridized carbons (Fsp3) is 0.348. The molecule has 178 valence electrons. The lowest BCUT2D eigenvalue weighted by molar-refractivity contribution is -0.157. The highest BCUT2D eigenvalue weighted by molar-refractivity contribution is 7.89. The molecule has 0 bridgehead atoms. The average molecular weight is 478 g/mol. The van der Waals surface area contributed by atoms with E-state index in [1.54, 1.807) is 18.2 Å². The Balaban J connectivity index is 1.67. The van der Waals surface area contributed by atoms with Gasteiger partial charge >= 0.3 is 5.97 Å². The summed E-state index contributed by atoms with van der Waals surface area (Å²) in [5, 5.41) is 18.8. The zero-order valence-electron chi connectivity index (χ0n) is 18.2.